The molecule has 0 amide bonds. The van der Waals surface area contributed by atoms with Crippen LogP contribution < -0.4 is 5.32 Å². The number of nitrogens with one attached hydrogen (secondary N) is 2. The fourth-order valence-corrected chi connectivity index (χ4v) is 3.35. The monoisotopic (exact) mass is 386 g/mol. The van der Waals surface area contributed by atoms with Crippen molar-refractivity contribution in [2.24, 2.45) is 5.92 Å². The minimum atomic E-state index is -4.51. The molecule has 0 aromatic carbocycles. The average molecular weight is 386 g/mol. The van der Waals surface area contributed by atoms with Crippen molar-refractivity contribution in [3.63, 3.8) is 0 Å². The number of hydrogen-bond acceptors (Lipinski definition) is 5. The van der Waals surface area contributed by atoms with Gasteiger partial charge in [-0.1, -0.05) is 6.42 Å². The second-order valence-electron chi connectivity index (χ2n) is 7.01. The number of nitriles is 1. The van der Waals surface area contributed by atoms with E-state index in [1.54, 1.807) is 0 Å². The molecule has 144 valence electrons. The third-order valence-corrected chi connectivity index (χ3v) is 5.24. The molecule has 0 bridgehead atoms. The lowest BCUT2D eigenvalue weighted by atomic mass is 9.80. The highest BCUT2D eigenvalue weighted by Crippen LogP contribution is 2.35. The summed E-state index contributed by atoms with van der Waals surface area (Å²) in [6, 6.07) is 3.20. The fourth-order valence-electron chi connectivity index (χ4n) is 3.35. The van der Waals surface area contributed by atoms with Gasteiger partial charge in [-0.25, -0.2) is 15.0 Å². The molecule has 1 fully saturated rings. The van der Waals surface area contributed by atoms with E-state index < -0.39 is 11.7 Å². The van der Waals surface area contributed by atoms with E-state index in [1.165, 1.54) is 18.8 Å². The summed E-state index contributed by atoms with van der Waals surface area (Å²) in [6.07, 6.45) is 2.67. The predicted molar refractivity (Wildman–Crippen MR) is 97.3 cm³/mol. The van der Waals surface area contributed by atoms with Crippen LogP contribution in [0.25, 0.3) is 22.3 Å². The number of alkyl halides is 3. The molecule has 3 aromatic rings. The molecule has 9 heteroatoms. The molecule has 1 unspecified atom stereocenters. The predicted octanol–water partition coefficient (Wildman–Crippen LogP) is 4.51. The number of H-pyrrole nitrogens is 1. The number of hydrogen-bond donors (Lipinski definition) is 2. The number of nitrogens with zero attached hydrogens (tertiary/aromatic N) is 4. The standard InChI is InChI=1S/C19H17F3N6/c1-10(11-3-2-4-11)27-18-26-7-12(6-23)16(28-18)15-9-25-17-14(15)5-13(8-24-17)19(20,21)22/h5,7-11H,2-4H2,1H3,(H,24,25)(H,26,27,28). The van der Waals surface area contributed by atoms with Gasteiger partial charge in [0.1, 0.15) is 11.7 Å². The summed E-state index contributed by atoms with van der Waals surface area (Å²) in [4.78, 5) is 15.3. The Morgan fingerprint density at radius 1 is 1.29 bits per heavy atom. The highest BCUT2D eigenvalue weighted by Gasteiger charge is 2.32. The first kappa shape index (κ1) is 18.2. The van der Waals surface area contributed by atoms with E-state index in [9.17, 15) is 18.4 Å². The Labute approximate surface area is 158 Å². The van der Waals surface area contributed by atoms with Crippen LogP contribution in [-0.4, -0.2) is 26.0 Å². The molecule has 0 saturated heterocycles. The van der Waals surface area contributed by atoms with Gasteiger partial charge in [0.2, 0.25) is 5.95 Å². The molecule has 2 N–H and O–H groups in total. The van der Waals surface area contributed by atoms with Gasteiger partial charge in [-0.05, 0) is 31.7 Å². The van der Waals surface area contributed by atoms with Gasteiger partial charge < -0.3 is 10.3 Å². The zero-order chi connectivity index (χ0) is 19.9. The van der Waals surface area contributed by atoms with Crippen molar-refractivity contribution >= 4 is 17.0 Å². The van der Waals surface area contributed by atoms with Crippen LogP contribution in [0.15, 0.2) is 24.7 Å². The van der Waals surface area contributed by atoms with Crippen molar-refractivity contribution in [1.29, 1.82) is 5.26 Å². The van der Waals surface area contributed by atoms with Crippen molar-refractivity contribution in [3.05, 3.63) is 35.8 Å². The summed E-state index contributed by atoms with van der Waals surface area (Å²) < 4.78 is 39.3. The first-order chi connectivity index (χ1) is 13.4. The summed E-state index contributed by atoms with van der Waals surface area (Å²) in [7, 11) is 0. The molecule has 1 aliphatic rings. The largest absolute Gasteiger partial charge is 0.417 e. The highest BCUT2D eigenvalue weighted by atomic mass is 19.4. The molecule has 0 spiro atoms. The second-order valence-corrected chi connectivity index (χ2v) is 7.01. The summed E-state index contributed by atoms with van der Waals surface area (Å²) in [5, 5.41) is 12.9. The Bertz CT molecular complexity index is 1060. The van der Waals surface area contributed by atoms with Crippen LogP contribution in [0.4, 0.5) is 19.1 Å². The van der Waals surface area contributed by atoms with Crippen LogP contribution >= 0.6 is 0 Å². The van der Waals surface area contributed by atoms with E-state index in [0.717, 1.165) is 25.1 Å². The third kappa shape index (κ3) is 3.26. The second kappa shape index (κ2) is 6.78. The molecule has 3 aromatic heterocycles. The van der Waals surface area contributed by atoms with Gasteiger partial charge in [0, 0.05) is 29.4 Å². The van der Waals surface area contributed by atoms with Crippen LogP contribution in [0.3, 0.4) is 0 Å². The molecule has 0 radical (unpaired) electrons. The van der Waals surface area contributed by atoms with Crippen LogP contribution in [0, 0.1) is 17.2 Å². The molecule has 6 nitrogen and oxygen atoms in total. The van der Waals surface area contributed by atoms with Gasteiger partial charge in [0.25, 0.3) is 0 Å². The molecule has 1 saturated carbocycles. The molecule has 28 heavy (non-hydrogen) atoms. The van der Waals surface area contributed by atoms with E-state index in [-0.39, 0.29) is 22.7 Å². The topological polar surface area (TPSA) is 90.3 Å². The van der Waals surface area contributed by atoms with Crippen LogP contribution in [0.5, 0.6) is 0 Å². The van der Waals surface area contributed by atoms with Crippen LogP contribution in [0.2, 0.25) is 0 Å². The summed E-state index contributed by atoms with van der Waals surface area (Å²) in [6.45, 7) is 2.05. The Morgan fingerprint density at radius 2 is 2.07 bits per heavy atom. The van der Waals surface area contributed by atoms with Gasteiger partial charge >= 0.3 is 6.18 Å². The lowest BCUT2D eigenvalue weighted by molar-refractivity contribution is -0.137. The number of fused-ring (bicyclic) bond motifs is 1. The lowest BCUT2D eigenvalue weighted by Crippen LogP contribution is -2.31. The molecule has 1 atom stereocenters. The maximum Gasteiger partial charge on any atom is 0.417 e. The maximum absolute atomic E-state index is 13.1. The zero-order valence-electron chi connectivity index (χ0n) is 15.0. The van der Waals surface area contributed by atoms with Gasteiger partial charge in [0.05, 0.1) is 23.0 Å². The quantitative estimate of drug-likeness (QED) is 0.688. The Hall–Kier alpha value is -3.15. The lowest BCUT2D eigenvalue weighted by Gasteiger charge is -2.31. The molecular formula is C19H17F3N6. The van der Waals surface area contributed by atoms with Gasteiger partial charge in [-0.3, -0.25) is 0 Å². The third-order valence-electron chi connectivity index (χ3n) is 5.24. The SMILES string of the molecule is CC(Nc1ncc(C#N)c(-c2c[nH]c3ncc(C(F)(F)F)cc23)n1)C1CCC1. The first-order valence-electron chi connectivity index (χ1n) is 8.95. The Kier molecular flexibility index (Phi) is 4.41. The fraction of sp³-hybridized carbons (Fsp3) is 0.368. The van der Waals surface area contributed by atoms with Crippen molar-refractivity contribution in [1.82, 2.24) is 19.9 Å². The first-order valence-corrected chi connectivity index (χ1v) is 8.95. The smallest absolute Gasteiger partial charge is 0.351 e. The zero-order valence-corrected chi connectivity index (χ0v) is 15.0. The summed E-state index contributed by atoms with van der Waals surface area (Å²) in [5.74, 6) is 0.900. The maximum atomic E-state index is 13.1. The number of aromatic amines is 1. The average Bonchev–Trinajstić information content (AvgIpc) is 3.02. The van der Waals surface area contributed by atoms with Crippen molar-refractivity contribution in [2.45, 2.75) is 38.4 Å². The minimum Gasteiger partial charge on any atom is -0.351 e. The highest BCUT2D eigenvalue weighted by molar-refractivity contribution is 5.94. The normalized spacial score (nSPS) is 15.8. The van der Waals surface area contributed by atoms with E-state index in [0.29, 0.717) is 23.1 Å². The van der Waals surface area contributed by atoms with E-state index in [4.69, 9.17) is 0 Å². The van der Waals surface area contributed by atoms with E-state index >= 15 is 0 Å². The van der Waals surface area contributed by atoms with Crippen LogP contribution in [-0.2, 0) is 6.18 Å². The molecular weight excluding hydrogens is 369 g/mol. The summed E-state index contributed by atoms with van der Waals surface area (Å²) >= 11 is 0. The number of halogens is 3. The van der Waals surface area contributed by atoms with Crippen molar-refractivity contribution in [2.75, 3.05) is 5.32 Å². The molecule has 0 aliphatic heterocycles. The van der Waals surface area contributed by atoms with Gasteiger partial charge in [-0.15, -0.1) is 0 Å². The number of aromatic nitrogens is 4. The van der Waals surface area contributed by atoms with Crippen molar-refractivity contribution in [3.8, 4) is 17.3 Å². The van der Waals surface area contributed by atoms with Gasteiger partial charge in [-0.2, -0.15) is 18.4 Å². The van der Waals surface area contributed by atoms with Gasteiger partial charge in [0.15, 0.2) is 0 Å². The molecule has 1 aliphatic carbocycles. The Morgan fingerprint density at radius 3 is 2.71 bits per heavy atom. The molecule has 3 heterocycles. The van der Waals surface area contributed by atoms with Crippen molar-refractivity contribution < 1.29 is 13.2 Å². The van der Waals surface area contributed by atoms with Crippen LogP contribution in [0.1, 0.15) is 37.3 Å². The minimum absolute atomic E-state index is 0.177. The molecule has 4 rings (SSSR count). The number of pyridine rings is 1. The number of anilines is 1. The Balaban J connectivity index is 1.77. The summed E-state index contributed by atoms with van der Waals surface area (Å²) in [5.41, 5.74) is 0.272. The van der Waals surface area contributed by atoms with E-state index in [1.807, 2.05) is 6.07 Å². The number of rotatable bonds is 4. The van der Waals surface area contributed by atoms with E-state index in [2.05, 4.69) is 32.2 Å².